The Hall–Kier alpha value is -3.48. The highest BCUT2D eigenvalue weighted by atomic mass is 16.5. The number of rotatable bonds is 9. The first-order valence-corrected chi connectivity index (χ1v) is 10.5. The molecule has 2 N–H and O–H groups in total. The third-order valence-electron chi connectivity index (χ3n) is 5.19. The van der Waals surface area contributed by atoms with Gasteiger partial charge in [0.15, 0.2) is 6.10 Å². The molecule has 2 aromatic carbocycles. The lowest BCUT2D eigenvalue weighted by molar-refractivity contribution is -0.154. The first kappa shape index (κ1) is 22.2. The average molecular weight is 421 g/mol. The summed E-state index contributed by atoms with van der Waals surface area (Å²) in [6.45, 7) is 4.09. The van der Waals surface area contributed by atoms with Gasteiger partial charge in [-0.15, -0.1) is 0 Å². The number of nitrogens with zero attached hydrogens (tertiary/aromatic N) is 1. The van der Waals surface area contributed by atoms with Crippen molar-refractivity contribution in [2.45, 2.75) is 45.1 Å². The van der Waals surface area contributed by atoms with Crippen LogP contribution < -0.4 is 10.9 Å². The SMILES string of the molecule is CC[C@H](CNC(=O)[C@@H](C)OC(=O)CCc1nc2ccccc2c(=O)[nH]1)c1ccccc1. The molecule has 31 heavy (non-hydrogen) atoms. The normalized spacial score (nSPS) is 12.8. The Balaban J connectivity index is 1.48. The third kappa shape index (κ3) is 6.01. The van der Waals surface area contributed by atoms with Crippen molar-refractivity contribution in [3.05, 3.63) is 76.3 Å². The zero-order chi connectivity index (χ0) is 22.2. The molecule has 0 unspecified atom stereocenters. The van der Waals surface area contributed by atoms with Gasteiger partial charge in [0.1, 0.15) is 5.82 Å². The molecule has 2 atom stereocenters. The van der Waals surface area contributed by atoms with Crippen LogP contribution in [0, 0.1) is 0 Å². The number of ether oxygens (including phenoxy) is 1. The number of hydrogen-bond donors (Lipinski definition) is 2. The van der Waals surface area contributed by atoms with E-state index in [0.29, 0.717) is 23.3 Å². The Morgan fingerprint density at radius 3 is 2.55 bits per heavy atom. The molecule has 7 heteroatoms. The number of aromatic amines is 1. The Labute approximate surface area is 180 Å². The van der Waals surface area contributed by atoms with E-state index in [2.05, 4.69) is 22.2 Å². The number of esters is 1. The molecule has 1 amide bonds. The van der Waals surface area contributed by atoms with Crippen molar-refractivity contribution in [1.29, 1.82) is 0 Å². The van der Waals surface area contributed by atoms with Gasteiger partial charge in [0, 0.05) is 18.9 Å². The number of amides is 1. The predicted octanol–water partition coefficient (Wildman–Crippen LogP) is 3.10. The highest BCUT2D eigenvalue weighted by Gasteiger charge is 2.19. The molecule has 0 spiro atoms. The summed E-state index contributed by atoms with van der Waals surface area (Å²) in [6.07, 6.45) is 0.221. The Kier molecular flexibility index (Phi) is 7.54. The molecular formula is C24H27N3O4. The lowest BCUT2D eigenvalue weighted by Gasteiger charge is -2.18. The van der Waals surface area contributed by atoms with Crippen molar-refractivity contribution in [2.24, 2.45) is 0 Å². The van der Waals surface area contributed by atoms with Gasteiger partial charge in [-0.05, 0) is 31.0 Å². The maximum atomic E-state index is 12.3. The van der Waals surface area contributed by atoms with Gasteiger partial charge < -0.3 is 15.0 Å². The minimum Gasteiger partial charge on any atom is -0.453 e. The Morgan fingerprint density at radius 2 is 1.81 bits per heavy atom. The van der Waals surface area contributed by atoms with E-state index < -0.39 is 12.1 Å². The summed E-state index contributed by atoms with van der Waals surface area (Å²) in [5, 5.41) is 3.36. The number of benzene rings is 2. The van der Waals surface area contributed by atoms with Crippen LogP contribution in [0.15, 0.2) is 59.4 Å². The van der Waals surface area contributed by atoms with E-state index in [1.807, 2.05) is 30.3 Å². The first-order chi connectivity index (χ1) is 15.0. The highest BCUT2D eigenvalue weighted by molar-refractivity contribution is 5.83. The molecular weight excluding hydrogens is 394 g/mol. The van der Waals surface area contributed by atoms with Crippen LogP contribution >= 0.6 is 0 Å². The van der Waals surface area contributed by atoms with Gasteiger partial charge in [-0.3, -0.25) is 14.4 Å². The molecule has 0 aliphatic heterocycles. The summed E-state index contributed by atoms with van der Waals surface area (Å²) in [5.41, 5.74) is 1.49. The molecule has 1 aromatic heterocycles. The number of aryl methyl sites for hydroxylation is 1. The number of carbonyl (C=O) groups is 2. The molecule has 1 heterocycles. The van der Waals surface area contributed by atoms with Crippen molar-refractivity contribution in [3.8, 4) is 0 Å². The summed E-state index contributed by atoms with van der Waals surface area (Å²) in [4.78, 5) is 43.7. The molecule has 0 saturated carbocycles. The third-order valence-corrected chi connectivity index (χ3v) is 5.19. The molecule has 0 bridgehead atoms. The van der Waals surface area contributed by atoms with E-state index in [1.165, 1.54) is 0 Å². The Morgan fingerprint density at radius 1 is 1.10 bits per heavy atom. The van der Waals surface area contributed by atoms with Gasteiger partial charge in [0.25, 0.3) is 11.5 Å². The van der Waals surface area contributed by atoms with Crippen LogP contribution in [0.1, 0.15) is 44.0 Å². The standard InChI is InChI=1S/C24H27N3O4/c1-3-17(18-9-5-4-6-10-18)15-25-23(29)16(2)31-22(28)14-13-21-26-20-12-8-7-11-19(20)24(30)27-21/h4-12,16-17H,3,13-15H2,1-2H3,(H,25,29)(H,26,27,30)/t16-,17-/m1/s1. The molecule has 0 radical (unpaired) electrons. The number of hydrogen-bond acceptors (Lipinski definition) is 5. The van der Waals surface area contributed by atoms with E-state index >= 15 is 0 Å². The lowest BCUT2D eigenvalue weighted by atomic mass is 9.96. The van der Waals surface area contributed by atoms with Crippen molar-refractivity contribution in [1.82, 2.24) is 15.3 Å². The predicted molar refractivity (Wildman–Crippen MR) is 119 cm³/mol. The summed E-state index contributed by atoms with van der Waals surface area (Å²) in [7, 11) is 0. The summed E-state index contributed by atoms with van der Waals surface area (Å²) >= 11 is 0. The van der Waals surface area contributed by atoms with Crippen LogP contribution in [0.4, 0.5) is 0 Å². The fourth-order valence-corrected chi connectivity index (χ4v) is 3.37. The molecule has 3 rings (SSSR count). The number of carbonyl (C=O) groups excluding carboxylic acids is 2. The van der Waals surface area contributed by atoms with E-state index in [0.717, 1.165) is 12.0 Å². The van der Waals surface area contributed by atoms with E-state index in [1.54, 1.807) is 31.2 Å². The summed E-state index contributed by atoms with van der Waals surface area (Å²) < 4.78 is 5.25. The van der Waals surface area contributed by atoms with Crippen LogP contribution in [0.5, 0.6) is 0 Å². The van der Waals surface area contributed by atoms with Gasteiger partial charge in [-0.25, -0.2) is 4.98 Å². The topological polar surface area (TPSA) is 101 Å². The van der Waals surface area contributed by atoms with E-state index in [4.69, 9.17) is 4.74 Å². The summed E-state index contributed by atoms with van der Waals surface area (Å²) in [6, 6.07) is 17.0. The number of H-pyrrole nitrogens is 1. The van der Waals surface area contributed by atoms with Crippen LogP contribution in [0.2, 0.25) is 0 Å². The quantitative estimate of drug-likeness (QED) is 0.517. The second-order valence-corrected chi connectivity index (χ2v) is 7.42. The molecule has 0 fully saturated rings. The number of aromatic nitrogens is 2. The lowest BCUT2D eigenvalue weighted by Crippen LogP contribution is -2.38. The fraction of sp³-hybridized carbons (Fsp3) is 0.333. The van der Waals surface area contributed by atoms with E-state index in [-0.39, 0.29) is 30.2 Å². The van der Waals surface area contributed by atoms with Crippen LogP contribution in [-0.2, 0) is 20.7 Å². The zero-order valence-electron chi connectivity index (χ0n) is 17.8. The first-order valence-electron chi connectivity index (χ1n) is 10.5. The molecule has 7 nitrogen and oxygen atoms in total. The van der Waals surface area contributed by atoms with Gasteiger partial charge in [0.2, 0.25) is 0 Å². The van der Waals surface area contributed by atoms with Crippen molar-refractivity contribution >= 4 is 22.8 Å². The average Bonchev–Trinajstić information content (AvgIpc) is 2.78. The Bertz CT molecular complexity index is 1090. The zero-order valence-corrected chi connectivity index (χ0v) is 17.8. The maximum absolute atomic E-state index is 12.3. The van der Waals surface area contributed by atoms with Crippen LogP contribution in [-0.4, -0.2) is 34.5 Å². The van der Waals surface area contributed by atoms with Gasteiger partial charge in [0.05, 0.1) is 17.3 Å². The van der Waals surface area contributed by atoms with Crippen LogP contribution in [0.25, 0.3) is 10.9 Å². The fourth-order valence-electron chi connectivity index (χ4n) is 3.37. The van der Waals surface area contributed by atoms with Crippen molar-refractivity contribution < 1.29 is 14.3 Å². The summed E-state index contributed by atoms with van der Waals surface area (Å²) in [5.74, 6) is -0.246. The monoisotopic (exact) mass is 421 g/mol. The second kappa shape index (κ2) is 10.5. The molecule has 0 aliphatic rings. The number of nitrogens with one attached hydrogen (secondary N) is 2. The minimum atomic E-state index is -0.899. The van der Waals surface area contributed by atoms with Gasteiger partial charge in [-0.1, -0.05) is 49.4 Å². The van der Waals surface area contributed by atoms with E-state index in [9.17, 15) is 14.4 Å². The van der Waals surface area contributed by atoms with Gasteiger partial charge >= 0.3 is 5.97 Å². The van der Waals surface area contributed by atoms with Crippen LogP contribution in [0.3, 0.4) is 0 Å². The highest BCUT2D eigenvalue weighted by Crippen LogP contribution is 2.18. The smallest absolute Gasteiger partial charge is 0.307 e. The molecule has 0 aliphatic carbocycles. The van der Waals surface area contributed by atoms with Crippen molar-refractivity contribution in [2.75, 3.05) is 6.54 Å². The second-order valence-electron chi connectivity index (χ2n) is 7.42. The number of fused-ring (bicyclic) bond motifs is 1. The van der Waals surface area contributed by atoms with Gasteiger partial charge in [-0.2, -0.15) is 0 Å². The maximum Gasteiger partial charge on any atom is 0.307 e. The largest absolute Gasteiger partial charge is 0.453 e. The molecule has 0 saturated heterocycles. The molecule has 162 valence electrons. The number of para-hydroxylation sites is 1. The minimum absolute atomic E-state index is 0.0144. The molecule has 3 aromatic rings. The van der Waals surface area contributed by atoms with Crippen molar-refractivity contribution in [3.63, 3.8) is 0 Å².